The van der Waals surface area contributed by atoms with E-state index in [1.165, 1.54) is 13.2 Å². The Kier molecular flexibility index (Phi) is 2.59. The summed E-state index contributed by atoms with van der Waals surface area (Å²) in [6.07, 6.45) is 2.04. The molecule has 4 nitrogen and oxygen atoms in total. The van der Waals surface area contributed by atoms with Gasteiger partial charge in [-0.1, -0.05) is 0 Å². The lowest BCUT2D eigenvalue weighted by Crippen LogP contribution is -2.09. The Hall–Kier alpha value is -1.94. The van der Waals surface area contributed by atoms with E-state index in [4.69, 9.17) is 4.74 Å². The van der Waals surface area contributed by atoms with Crippen LogP contribution in [0.5, 0.6) is 11.5 Å². The van der Waals surface area contributed by atoms with E-state index < -0.39 is 22.9 Å². The van der Waals surface area contributed by atoms with Crippen LogP contribution in [0.25, 0.3) is 0 Å². The molecule has 1 N–H and O–H groups in total. The number of isocyanates is 1. The van der Waals surface area contributed by atoms with Gasteiger partial charge in [-0.3, -0.25) is 0 Å². The first-order valence-electron chi connectivity index (χ1n) is 4.90. The highest BCUT2D eigenvalue weighted by molar-refractivity contribution is 5.54. The Morgan fingerprint density at radius 2 is 2.18 bits per heavy atom. The predicted molar refractivity (Wildman–Crippen MR) is 53.6 cm³/mol. The first-order chi connectivity index (χ1) is 8.05. The molecule has 1 fully saturated rings. The number of halogens is 2. The molecule has 0 amide bonds. The Balaban J connectivity index is 2.68. The summed E-state index contributed by atoms with van der Waals surface area (Å²) in [4.78, 5) is 13.7. The minimum atomic E-state index is -1.21. The monoisotopic (exact) mass is 241 g/mol. The lowest BCUT2D eigenvalue weighted by molar-refractivity contribution is 0.354. The zero-order valence-electron chi connectivity index (χ0n) is 8.96. The van der Waals surface area contributed by atoms with E-state index in [1.54, 1.807) is 0 Å². The topological polar surface area (TPSA) is 58.9 Å². The molecule has 0 unspecified atom stereocenters. The molecule has 0 bridgehead atoms. The SMILES string of the molecule is COc1cc(F)c(F)c(C2(N=C=O)CC2)c1O. The summed E-state index contributed by atoms with van der Waals surface area (Å²) in [7, 11) is 1.22. The molecule has 0 radical (unpaired) electrons. The summed E-state index contributed by atoms with van der Waals surface area (Å²) in [6.45, 7) is 0. The molecule has 0 heterocycles. The van der Waals surface area contributed by atoms with Gasteiger partial charge in [0.15, 0.2) is 23.1 Å². The third kappa shape index (κ3) is 1.66. The molecular weight excluding hydrogens is 232 g/mol. The number of hydrogen-bond acceptors (Lipinski definition) is 4. The summed E-state index contributed by atoms with van der Waals surface area (Å²) in [5.74, 6) is -3.07. The molecule has 1 aromatic carbocycles. The lowest BCUT2D eigenvalue weighted by atomic mass is 10.0. The zero-order valence-corrected chi connectivity index (χ0v) is 8.96. The van der Waals surface area contributed by atoms with Crippen LogP contribution in [0, 0.1) is 11.6 Å². The van der Waals surface area contributed by atoms with Crippen molar-refractivity contribution in [3.8, 4) is 11.5 Å². The summed E-state index contributed by atoms with van der Waals surface area (Å²) >= 11 is 0. The quantitative estimate of drug-likeness (QED) is 0.650. The summed E-state index contributed by atoms with van der Waals surface area (Å²) in [6, 6.07) is 0.745. The van der Waals surface area contributed by atoms with Gasteiger partial charge < -0.3 is 9.84 Å². The van der Waals surface area contributed by atoms with Gasteiger partial charge in [0, 0.05) is 6.07 Å². The van der Waals surface area contributed by atoms with E-state index in [0.717, 1.165) is 6.07 Å². The van der Waals surface area contributed by atoms with Gasteiger partial charge in [0.1, 0.15) is 5.54 Å². The van der Waals surface area contributed by atoms with E-state index in [2.05, 4.69) is 4.99 Å². The Labute approximate surface area is 95.5 Å². The highest BCUT2D eigenvalue weighted by Gasteiger charge is 2.50. The number of aromatic hydroxyl groups is 1. The minimum Gasteiger partial charge on any atom is -0.504 e. The zero-order chi connectivity index (χ0) is 12.6. The van der Waals surface area contributed by atoms with Crippen LogP contribution >= 0.6 is 0 Å². The molecule has 0 aliphatic heterocycles. The third-order valence-corrected chi connectivity index (χ3v) is 2.83. The van der Waals surface area contributed by atoms with Crippen molar-refractivity contribution in [3.63, 3.8) is 0 Å². The largest absolute Gasteiger partial charge is 0.504 e. The smallest absolute Gasteiger partial charge is 0.235 e. The maximum atomic E-state index is 13.7. The fourth-order valence-electron chi connectivity index (χ4n) is 1.80. The third-order valence-electron chi connectivity index (χ3n) is 2.83. The Bertz CT molecular complexity index is 520. The molecule has 2 rings (SSSR count). The number of benzene rings is 1. The van der Waals surface area contributed by atoms with Gasteiger partial charge in [-0.05, 0) is 12.8 Å². The highest BCUT2D eigenvalue weighted by Crippen LogP contribution is 2.55. The predicted octanol–water partition coefficient (Wildman–Crippen LogP) is 2.00. The second-order valence-electron chi connectivity index (χ2n) is 3.83. The first-order valence-corrected chi connectivity index (χ1v) is 4.90. The average molecular weight is 241 g/mol. The molecule has 1 aromatic rings. The van der Waals surface area contributed by atoms with Gasteiger partial charge in [0.25, 0.3) is 0 Å². The normalized spacial score (nSPS) is 16.2. The molecule has 0 saturated heterocycles. The number of ether oxygens (including phenoxy) is 1. The van der Waals surface area contributed by atoms with E-state index in [0.29, 0.717) is 12.8 Å². The summed E-state index contributed by atoms with van der Waals surface area (Å²) in [5, 5.41) is 9.77. The van der Waals surface area contributed by atoms with Crippen LogP contribution in [0.2, 0.25) is 0 Å². The van der Waals surface area contributed by atoms with Crippen molar-refractivity contribution in [3.05, 3.63) is 23.3 Å². The Morgan fingerprint density at radius 3 is 2.65 bits per heavy atom. The number of aliphatic imine (C=N–C) groups is 1. The van der Waals surface area contributed by atoms with Crippen LogP contribution in [-0.4, -0.2) is 18.3 Å². The standard InChI is InChI=1S/C11H9F2NO3/c1-17-7-4-6(12)9(13)8(10(7)16)11(2-3-11)14-5-15/h4,16H,2-3H2,1H3. The molecule has 0 spiro atoms. The number of methoxy groups -OCH3 is 1. The average Bonchev–Trinajstić information content (AvgIpc) is 3.05. The number of carbonyl (C=O) groups excluding carboxylic acids is 1. The van der Waals surface area contributed by atoms with Crippen molar-refractivity contribution < 1.29 is 23.4 Å². The maximum absolute atomic E-state index is 13.7. The minimum absolute atomic E-state index is 0.189. The molecule has 0 aromatic heterocycles. The van der Waals surface area contributed by atoms with E-state index in [1.807, 2.05) is 0 Å². The van der Waals surface area contributed by atoms with Gasteiger partial charge in [-0.2, -0.15) is 4.99 Å². The van der Waals surface area contributed by atoms with Crippen molar-refractivity contribution in [1.29, 1.82) is 0 Å². The van der Waals surface area contributed by atoms with Gasteiger partial charge in [-0.15, -0.1) is 0 Å². The van der Waals surface area contributed by atoms with E-state index in [-0.39, 0.29) is 11.3 Å². The number of phenols is 1. The molecule has 1 aliphatic carbocycles. The van der Waals surface area contributed by atoms with Crippen molar-refractivity contribution in [2.45, 2.75) is 18.4 Å². The fraction of sp³-hybridized carbons (Fsp3) is 0.364. The van der Waals surface area contributed by atoms with E-state index >= 15 is 0 Å². The van der Waals surface area contributed by atoms with Crippen LogP contribution in [0.15, 0.2) is 11.1 Å². The second kappa shape index (κ2) is 3.82. The highest BCUT2D eigenvalue weighted by atomic mass is 19.2. The first kappa shape index (κ1) is 11.5. The molecule has 90 valence electrons. The second-order valence-corrected chi connectivity index (χ2v) is 3.83. The van der Waals surface area contributed by atoms with Crippen molar-refractivity contribution in [2.24, 2.45) is 4.99 Å². The van der Waals surface area contributed by atoms with Crippen LogP contribution in [0.4, 0.5) is 8.78 Å². The van der Waals surface area contributed by atoms with Gasteiger partial charge >= 0.3 is 0 Å². The number of nitrogens with zero attached hydrogens (tertiary/aromatic N) is 1. The van der Waals surface area contributed by atoms with Crippen LogP contribution in [0.1, 0.15) is 18.4 Å². The molecule has 6 heteroatoms. The maximum Gasteiger partial charge on any atom is 0.235 e. The Morgan fingerprint density at radius 1 is 1.53 bits per heavy atom. The number of hydrogen-bond donors (Lipinski definition) is 1. The van der Waals surface area contributed by atoms with Gasteiger partial charge in [0.05, 0.1) is 12.7 Å². The van der Waals surface area contributed by atoms with Gasteiger partial charge in [0.2, 0.25) is 6.08 Å². The van der Waals surface area contributed by atoms with Crippen LogP contribution in [0.3, 0.4) is 0 Å². The summed E-state index contributed by atoms with van der Waals surface area (Å²) in [5.41, 5.74) is -1.52. The van der Waals surface area contributed by atoms with Crippen molar-refractivity contribution in [1.82, 2.24) is 0 Å². The van der Waals surface area contributed by atoms with Crippen molar-refractivity contribution >= 4 is 6.08 Å². The van der Waals surface area contributed by atoms with Crippen LogP contribution < -0.4 is 4.74 Å². The fourth-order valence-corrected chi connectivity index (χ4v) is 1.80. The molecule has 17 heavy (non-hydrogen) atoms. The molecular formula is C11H9F2NO3. The molecule has 1 aliphatic rings. The summed E-state index contributed by atoms with van der Waals surface area (Å²) < 4.78 is 31.7. The van der Waals surface area contributed by atoms with Gasteiger partial charge in [-0.25, -0.2) is 13.6 Å². The van der Waals surface area contributed by atoms with Crippen molar-refractivity contribution in [2.75, 3.05) is 7.11 Å². The van der Waals surface area contributed by atoms with E-state index in [9.17, 15) is 18.7 Å². The molecule has 0 atom stereocenters. The molecule has 1 saturated carbocycles. The number of rotatable bonds is 3. The lowest BCUT2D eigenvalue weighted by Gasteiger charge is -2.14. The number of phenolic OH excluding ortho intramolecular Hbond substituents is 1. The van der Waals surface area contributed by atoms with Crippen LogP contribution in [-0.2, 0) is 10.3 Å².